The molecule has 0 bridgehead atoms. The van der Waals surface area contributed by atoms with Gasteiger partial charge in [-0.2, -0.15) is 0 Å². The summed E-state index contributed by atoms with van der Waals surface area (Å²) in [5, 5.41) is 12.3. The zero-order valence-electron chi connectivity index (χ0n) is 8.68. The molecule has 2 aliphatic heterocycles. The highest BCUT2D eigenvalue weighted by Gasteiger charge is 2.38. The fourth-order valence-corrected chi connectivity index (χ4v) is 2.06. The van der Waals surface area contributed by atoms with Crippen LogP contribution in [0.15, 0.2) is 41.1 Å². The van der Waals surface area contributed by atoms with Gasteiger partial charge in [-0.25, -0.2) is 4.99 Å². The third kappa shape index (κ3) is 1.36. The lowest BCUT2D eigenvalue weighted by Crippen LogP contribution is -2.39. The molecule has 1 aromatic carbocycles. The van der Waals surface area contributed by atoms with E-state index in [-0.39, 0.29) is 11.7 Å². The maximum Gasteiger partial charge on any atom is 0.273 e. The first kappa shape index (κ1) is 9.77. The molecular weight excluding hydrogens is 220 g/mol. The topological polar surface area (TPSA) is 78.8 Å². The van der Waals surface area contributed by atoms with Crippen molar-refractivity contribution in [2.45, 2.75) is 0 Å². The molecule has 0 aliphatic carbocycles. The zero-order chi connectivity index (χ0) is 12.0. The van der Waals surface area contributed by atoms with E-state index in [2.05, 4.69) is 10.3 Å². The lowest BCUT2D eigenvalue weighted by molar-refractivity contribution is -0.118. The SMILES string of the molecule is O=C1C=C(O)C2C(=O)Nc3ccccc3C2=N1. The van der Waals surface area contributed by atoms with E-state index in [1.54, 1.807) is 24.3 Å². The van der Waals surface area contributed by atoms with E-state index in [0.29, 0.717) is 17.0 Å². The molecule has 17 heavy (non-hydrogen) atoms. The van der Waals surface area contributed by atoms with Gasteiger partial charge in [-0.3, -0.25) is 9.59 Å². The van der Waals surface area contributed by atoms with Crippen LogP contribution in [0, 0.1) is 5.92 Å². The third-order valence-corrected chi connectivity index (χ3v) is 2.79. The predicted molar refractivity (Wildman–Crippen MR) is 60.8 cm³/mol. The number of amides is 2. The Balaban J connectivity index is 2.23. The van der Waals surface area contributed by atoms with Crippen molar-refractivity contribution < 1.29 is 14.7 Å². The van der Waals surface area contributed by atoms with Crippen LogP contribution in [-0.4, -0.2) is 22.6 Å². The van der Waals surface area contributed by atoms with Crippen LogP contribution in [0.5, 0.6) is 0 Å². The van der Waals surface area contributed by atoms with E-state index in [0.717, 1.165) is 6.08 Å². The summed E-state index contributed by atoms with van der Waals surface area (Å²) in [4.78, 5) is 26.9. The standard InChI is InChI=1S/C12H8N2O3/c15-8-5-9(16)14-11-6-3-1-2-4-7(6)13-12(17)10(8)11/h1-5,10,15H,(H,13,17). The van der Waals surface area contributed by atoms with Gasteiger partial charge in [0.05, 0.1) is 5.71 Å². The molecule has 0 saturated heterocycles. The Morgan fingerprint density at radius 1 is 1.24 bits per heavy atom. The lowest BCUT2D eigenvalue weighted by atomic mass is 9.87. The van der Waals surface area contributed by atoms with Gasteiger partial charge in [0.25, 0.3) is 5.91 Å². The van der Waals surface area contributed by atoms with E-state index in [1.165, 1.54) is 0 Å². The van der Waals surface area contributed by atoms with Crippen molar-refractivity contribution in [3.05, 3.63) is 41.7 Å². The molecule has 0 spiro atoms. The highest BCUT2D eigenvalue weighted by molar-refractivity contribution is 6.28. The second-order valence-corrected chi connectivity index (χ2v) is 3.87. The molecule has 3 rings (SSSR count). The molecule has 0 radical (unpaired) electrons. The van der Waals surface area contributed by atoms with Gasteiger partial charge in [0.1, 0.15) is 11.7 Å². The van der Waals surface area contributed by atoms with Crippen LogP contribution in [-0.2, 0) is 9.59 Å². The number of aliphatic hydroxyl groups is 1. The van der Waals surface area contributed by atoms with Crippen LogP contribution in [0.2, 0.25) is 0 Å². The van der Waals surface area contributed by atoms with Crippen molar-refractivity contribution in [1.82, 2.24) is 0 Å². The Morgan fingerprint density at radius 3 is 2.82 bits per heavy atom. The molecule has 0 aromatic heterocycles. The second-order valence-electron chi connectivity index (χ2n) is 3.87. The number of anilines is 1. The summed E-state index contributed by atoms with van der Waals surface area (Å²) < 4.78 is 0. The van der Waals surface area contributed by atoms with Crippen molar-refractivity contribution in [3.63, 3.8) is 0 Å². The van der Waals surface area contributed by atoms with E-state index in [9.17, 15) is 14.7 Å². The van der Waals surface area contributed by atoms with E-state index >= 15 is 0 Å². The molecule has 5 heteroatoms. The number of hydrogen-bond donors (Lipinski definition) is 2. The van der Waals surface area contributed by atoms with Gasteiger partial charge in [-0.05, 0) is 6.07 Å². The second kappa shape index (κ2) is 3.28. The van der Waals surface area contributed by atoms with Crippen molar-refractivity contribution in [2.75, 3.05) is 5.32 Å². The summed E-state index contributed by atoms with van der Waals surface area (Å²) >= 11 is 0. The molecule has 0 fully saturated rings. The fourth-order valence-electron chi connectivity index (χ4n) is 2.06. The Bertz CT molecular complexity index is 602. The van der Waals surface area contributed by atoms with Gasteiger partial charge in [-0.15, -0.1) is 0 Å². The maximum absolute atomic E-state index is 11.8. The van der Waals surface area contributed by atoms with Gasteiger partial charge in [0.2, 0.25) is 5.91 Å². The predicted octanol–water partition coefficient (Wildman–Crippen LogP) is 1.03. The minimum atomic E-state index is -0.873. The smallest absolute Gasteiger partial charge is 0.273 e. The first-order valence-corrected chi connectivity index (χ1v) is 5.10. The number of para-hydroxylation sites is 1. The van der Waals surface area contributed by atoms with Gasteiger partial charge in [-0.1, -0.05) is 18.2 Å². The molecule has 2 N–H and O–H groups in total. The van der Waals surface area contributed by atoms with E-state index < -0.39 is 11.8 Å². The van der Waals surface area contributed by atoms with Crippen molar-refractivity contribution >= 4 is 23.2 Å². The summed E-state index contributed by atoms with van der Waals surface area (Å²) in [6, 6.07) is 7.05. The van der Waals surface area contributed by atoms with E-state index in [1.807, 2.05) is 0 Å². The minimum Gasteiger partial charge on any atom is -0.511 e. The number of dihydropyridines is 1. The number of nitrogens with one attached hydrogen (secondary N) is 1. The molecule has 84 valence electrons. The molecular formula is C12H8N2O3. The minimum absolute atomic E-state index is 0.257. The Labute approximate surface area is 96.5 Å². The average molecular weight is 228 g/mol. The molecule has 1 aromatic rings. The normalized spacial score (nSPS) is 22.0. The number of aliphatic imine (C=N–C) groups is 1. The fraction of sp³-hybridized carbons (Fsp3) is 0.0833. The Hall–Kier alpha value is -2.43. The van der Waals surface area contributed by atoms with Crippen LogP contribution in [0.3, 0.4) is 0 Å². The summed E-state index contributed by atoms with van der Waals surface area (Å²) in [6.45, 7) is 0. The lowest BCUT2D eigenvalue weighted by Gasteiger charge is -2.27. The van der Waals surface area contributed by atoms with Crippen molar-refractivity contribution in [2.24, 2.45) is 10.9 Å². The summed E-state index contributed by atoms with van der Waals surface area (Å²) in [5.74, 6) is -2.04. The van der Waals surface area contributed by atoms with Gasteiger partial charge in [0, 0.05) is 17.3 Å². The molecule has 5 nitrogen and oxygen atoms in total. The maximum atomic E-state index is 11.8. The van der Waals surface area contributed by atoms with Crippen LogP contribution >= 0.6 is 0 Å². The molecule has 1 unspecified atom stereocenters. The van der Waals surface area contributed by atoms with Crippen LogP contribution in [0.25, 0.3) is 0 Å². The number of rotatable bonds is 0. The van der Waals surface area contributed by atoms with Crippen LogP contribution in [0.4, 0.5) is 5.69 Å². The largest absolute Gasteiger partial charge is 0.511 e. The summed E-state index contributed by atoms with van der Waals surface area (Å²) in [5.41, 5.74) is 1.59. The molecule has 2 aliphatic rings. The number of hydrogen-bond acceptors (Lipinski definition) is 3. The first-order valence-electron chi connectivity index (χ1n) is 5.10. The average Bonchev–Trinajstić information content (AvgIpc) is 2.28. The van der Waals surface area contributed by atoms with Crippen molar-refractivity contribution in [1.29, 1.82) is 0 Å². The highest BCUT2D eigenvalue weighted by Crippen LogP contribution is 2.30. The molecule has 1 atom stereocenters. The highest BCUT2D eigenvalue weighted by atomic mass is 16.3. The number of carbonyl (C=O) groups is 2. The van der Waals surface area contributed by atoms with Crippen molar-refractivity contribution in [3.8, 4) is 0 Å². The number of carbonyl (C=O) groups excluding carboxylic acids is 2. The molecule has 2 heterocycles. The number of benzene rings is 1. The summed E-state index contributed by atoms with van der Waals surface area (Å²) in [6.07, 6.45) is 0.974. The number of nitrogens with zero attached hydrogens (tertiary/aromatic N) is 1. The monoisotopic (exact) mass is 228 g/mol. The molecule has 0 saturated carbocycles. The van der Waals surface area contributed by atoms with Crippen LogP contribution in [0.1, 0.15) is 5.56 Å². The molecule has 2 amide bonds. The summed E-state index contributed by atoms with van der Waals surface area (Å²) in [7, 11) is 0. The zero-order valence-corrected chi connectivity index (χ0v) is 8.68. The van der Waals surface area contributed by atoms with Gasteiger partial charge < -0.3 is 10.4 Å². The number of fused-ring (bicyclic) bond motifs is 3. The number of aliphatic hydroxyl groups excluding tert-OH is 1. The van der Waals surface area contributed by atoms with Gasteiger partial charge in [0.15, 0.2) is 0 Å². The van der Waals surface area contributed by atoms with Gasteiger partial charge >= 0.3 is 0 Å². The first-order chi connectivity index (χ1) is 8.16. The Morgan fingerprint density at radius 2 is 2.00 bits per heavy atom. The van der Waals surface area contributed by atoms with E-state index in [4.69, 9.17) is 0 Å². The van der Waals surface area contributed by atoms with Crippen LogP contribution < -0.4 is 5.32 Å². The third-order valence-electron chi connectivity index (χ3n) is 2.79. The Kier molecular flexibility index (Phi) is 1.89. The quantitative estimate of drug-likeness (QED) is 0.696.